The van der Waals surface area contributed by atoms with E-state index < -0.39 is 50.1 Å². The van der Waals surface area contributed by atoms with Crippen molar-refractivity contribution in [3.63, 3.8) is 0 Å². The molecule has 5 rings (SSSR count). The van der Waals surface area contributed by atoms with E-state index in [1.54, 1.807) is 60.7 Å². The normalized spacial score (nSPS) is 12.9. The van der Waals surface area contributed by atoms with Crippen LogP contribution in [0.5, 0.6) is 0 Å². The van der Waals surface area contributed by atoms with E-state index >= 15 is 0 Å². The summed E-state index contributed by atoms with van der Waals surface area (Å²) < 4.78 is 146. The Bertz CT molecular complexity index is 2800. The number of hydrogen-bond donors (Lipinski definition) is 2. The maximum Gasteiger partial charge on any atom is 0.243 e. The summed E-state index contributed by atoms with van der Waals surface area (Å²) in [6, 6.07) is 31.6. The summed E-state index contributed by atoms with van der Waals surface area (Å²) >= 11 is 0. The Kier molecular flexibility index (Phi) is 18.6. The van der Waals surface area contributed by atoms with Crippen molar-refractivity contribution in [2.75, 3.05) is 52.4 Å². The Labute approximate surface area is 398 Å². The SMILES string of the molecule is Cc1ccc(S(=O)(=O)NCCCN(CCCN(CCCN(CCCNS(=O)(=O)c2ccc(C)cc2)S(=O)(=O)c2ccc(C)cc2)S(=O)(=O)c2ccc(C)cc2)S(=O)(=O)c2ccc(C)cc2)cc1. The molecule has 2 N–H and O–H groups in total. The first kappa shape index (κ1) is 53.6. The highest BCUT2D eigenvalue weighted by Crippen LogP contribution is 2.23. The van der Waals surface area contributed by atoms with Crippen LogP contribution in [0.1, 0.15) is 53.5 Å². The Morgan fingerprint density at radius 3 is 0.716 bits per heavy atom. The van der Waals surface area contributed by atoms with E-state index in [1.807, 2.05) is 34.6 Å². The monoisotopic (exact) mass is 1020 g/mol. The van der Waals surface area contributed by atoms with Crippen molar-refractivity contribution in [3.05, 3.63) is 149 Å². The third kappa shape index (κ3) is 14.8. The minimum Gasteiger partial charge on any atom is -0.211 e. The molecule has 15 nitrogen and oxygen atoms in total. The molecule has 364 valence electrons. The number of hydrogen-bond acceptors (Lipinski definition) is 10. The van der Waals surface area contributed by atoms with Crippen LogP contribution in [0.15, 0.2) is 146 Å². The molecule has 0 radical (unpaired) electrons. The first-order valence-corrected chi connectivity index (χ1v) is 29.1. The van der Waals surface area contributed by atoms with Crippen LogP contribution in [-0.2, 0) is 50.1 Å². The highest BCUT2D eigenvalue weighted by Gasteiger charge is 2.29. The summed E-state index contributed by atoms with van der Waals surface area (Å²) in [5.74, 6) is 0. The van der Waals surface area contributed by atoms with Crippen molar-refractivity contribution in [3.8, 4) is 0 Å². The summed E-state index contributed by atoms with van der Waals surface area (Å²) in [6.45, 7) is 8.35. The topological polar surface area (TPSA) is 204 Å². The average molecular weight is 1020 g/mol. The van der Waals surface area contributed by atoms with E-state index in [4.69, 9.17) is 0 Å². The molecule has 0 aliphatic rings. The number of sulfonamides is 5. The molecule has 0 saturated carbocycles. The smallest absolute Gasteiger partial charge is 0.211 e. The van der Waals surface area contributed by atoms with Gasteiger partial charge >= 0.3 is 0 Å². The highest BCUT2D eigenvalue weighted by atomic mass is 32.2. The second-order valence-electron chi connectivity index (χ2n) is 16.5. The van der Waals surface area contributed by atoms with Crippen LogP contribution in [0, 0.1) is 34.6 Å². The zero-order chi connectivity index (χ0) is 49.0. The molecular weight excluding hydrogens is 955 g/mol. The van der Waals surface area contributed by atoms with Gasteiger partial charge in [0.15, 0.2) is 0 Å². The minimum absolute atomic E-state index is 0.00749. The van der Waals surface area contributed by atoms with Gasteiger partial charge in [-0.15, -0.1) is 0 Å². The molecule has 0 unspecified atom stereocenters. The third-order valence-corrected chi connectivity index (χ3v) is 19.7. The fourth-order valence-corrected chi connectivity index (χ4v) is 13.7. The summed E-state index contributed by atoms with van der Waals surface area (Å²) in [6.07, 6.45) is 0.302. The van der Waals surface area contributed by atoms with Crippen LogP contribution in [-0.4, -0.2) is 107 Å². The summed E-state index contributed by atoms with van der Waals surface area (Å²) in [7, 11) is -20.2. The number of rotatable bonds is 26. The van der Waals surface area contributed by atoms with Gasteiger partial charge in [-0.05, 0) is 121 Å². The van der Waals surface area contributed by atoms with Crippen LogP contribution in [0.4, 0.5) is 0 Å². The lowest BCUT2D eigenvalue weighted by Crippen LogP contribution is -2.40. The van der Waals surface area contributed by atoms with E-state index in [0.717, 1.165) is 27.8 Å². The number of nitrogens with zero attached hydrogens (tertiary/aromatic N) is 3. The maximum absolute atomic E-state index is 14.3. The largest absolute Gasteiger partial charge is 0.243 e. The molecule has 67 heavy (non-hydrogen) atoms. The summed E-state index contributed by atoms with van der Waals surface area (Å²) in [4.78, 5) is 0.220. The molecule has 5 aromatic rings. The average Bonchev–Trinajstić information content (AvgIpc) is 3.27. The lowest BCUT2D eigenvalue weighted by atomic mass is 10.2. The van der Waals surface area contributed by atoms with Gasteiger partial charge in [0.25, 0.3) is 0 Å². The third-order valence-electron chi connectivity index (χ3n) is 11.0. The van der Waals surface area contributed by atoms with Gasteiger partial charge in [-0.3, -0.25) is 0 Å². The minimum atomic E-state index is -4.19. The molecular formula is C47H61N5O10S5. The molecule has 20 heteroatoms. The van der Waals surface area contributed by atoms with Gasteiger partial charge in [0.05, 0.1) is 24.5 Å². The van der Waals surface area contributed by atoms with Crippen molar-refractivity contribution in [2.45, 2.75) is 84.8 Å². The van der Waals surface area contributed by atoms with Crippen molar-refractivity contribution in [2.24, 2.45) is 0 Å². The first-order chi connectivity index (χ1) is 31.5. The number of aryl methyl sites for hydroxylation is 5. The fraction of sp³-hybridized carbons (Fsp3) is 0.362. The molecule has 0 saturated heterocycles. The molecule has 5 aromatic carbocycles. The van der Waals surface area contributed by atoms with E-state index in [0.29, 0.717) is 0 Å². The van der Waals surface area contributed by atoms with E-state index in [1.165, 1.54) is 73.6 Å². The van der Waals surface area contributed by atoms with Crippen LogP contribution in [0.3, 0.4) is 0 Å². The van der Waals surface area contributed by atoms with Crippen LogP contribution < -0.4 is 9.44 Å². The van der Waals surface area contributed by atoms with Crippen molar-refractivity contribution in [1.29, 1.82) is 0 Å². The zero-order valence-electron chi connectivity index (χ0n) is 38.5. The number of nitrogens with one attached hydrogen (secondary N) is 2. The maximum atomic E-state index is 14.3. The Balaban J connectivity index is 1.34. The molecule has 0 heterocycles. The predicted octanol–water partition coefficient (Wildman–Crippen LogP) is 6.12. The molecule has 0 bridgehead atoms. The first-order valence-electron chi connectivity index (χ1n) is 21.9. The predicted molar refractivity (Wildman–Crippen MR) is 261 cm³/mol. The van der Waals surface area contributed by atoms with Gasteiger partial charge in [-0.2, -0.15) is 12.9 Å². The van der Waals surface area contributed by atoms with Crippen LogP contribution in [0.2, 0.25) is 0 Å². The molecule has 0 aromatic heterocycles. The molecule has 0 aliphatic carbocycles. The lowest BCUT2D eigenvalue weighted by molar-refractivity contribution is 0.336. The van der Waals surface area contributed by atoms with Gasteiger partial charge in [0.1, 0.15) is 0 Å². The van der Waals surface area contributed by atoms with Gasteiger partial charge in [0, 0.05) is 52.4 Å². The molecule has 0 amide bonds. The van der Waals surface area contributed by atoms with Gasteiger partial charge < -0.3 is 0 Å². The van der Waals surface area contributed by atoms with Crippen LogP contribution in [0.25, 0.3) is 0 Å². The van der Waals surface area contributed by atoms with Gasteiger partial charge in [-0.1, -0.05) is 88.5 Å². The molecule has 0 aliphatic heterocycles. The molecule has 0 fully saturated rings. The lowest BCUT2D eigenvalue weighted by Gasteiger charge is -2.27. The highest BCUT2D eigenvalue weighted by molar-refractivity contribution is 7.90. The second kappa shape index (κ2) is 23.3. The number of benzene rings is 5. The fourth-order valence-electron chi connectivity index (χ4n) is 7.01. The van der Waals surface area contributed by atoms with Gasteiger partial charge in [0.2, 0.25) is 50.1 Å². The second-order valence-corrected chi connectivity index (χ2v) is 25.8. The van der Waals surface area contributed by atoms with Crippen molar-refractivity contribution >= 4 is 50.1 Å². The van der Waals surface area contributed by atoms with E-state index in [9.17, 15) is 42.1 Å². The Morgan fingerprint density at radius 1 is 0.299 bits per heavy atom. The van der Waals surface area contributed by atoms with Crippen LogP contribution >= 0.6 is 0 Å². The van der Waals surface area contributed by atoms with Gasteiger partial charge in [-0.25, -0.2) is 51.5 Å². The van der Waals surface area contributed by atoms with Crippen molar-refractivity contribution < 1.29 is 42.1 Å². The Hall–Kier alpha value is -4.35. The quantitative estimate of drug-likeness (QED) is 0.0608. The standard InChI is InChI=1S/C47H61N5O10S5/c1-38-10-20-43(21-11-38)63(53,54)48-30-6-32-50(65(57,58)45-24-14-40(3)15-25-45)34-8-36-52(67(61,62)47-28-18-42(5)19-29-47)37-9-35-51(66(59,60)46-26-16-41(4)17-27-46)33-7-31-49-64(55,56)44-22-12-39(2)13-23-44/h10-29,48-49H,6-9,30-37H2,1-5H3. The van der Waals surface area contributed by atoms with Crippen molar-refractivity contribution in [1.82, 2.24) is 22.4 Å². The molecule has 0 spiro atoms. The zero-order valence-corrected chi connectivity index (χ0v) is 42.6. The summed E-state index contributed by atoms with van der Waals surface area (Å²) in [5.41, 5.74) is 4.32. The van der Waals surface area contributed by atoms with E-state index in [-0.39, 0.29) is 103 Å². The van der Waals surface area contributed by atoms with E-state index in [2.05, 4.69) is 9.44 Å². The molecule has 0 atom stereocenters. The Morgan fingerprint density at radius 2 is 0.493 bits per heavy atom. The summed E-state index contributed by atoms with van der Waals surface area (Å²) in [5, 5.41) is 0.